The minimum atomic E-state index is -0.159. The van der Waals surface area contributed by atoms with Gasteiger partial charge in [0.25, 0.3) is 0 Å². The number of morpholine rings is 1. The van der Waals surface area contributed by atoms with E-state index in [2.05, 4.69) is 15.8 Å². The number of nitrogens with one attached hydrogen (secondary N) is 2. The fourth-order valence-corrected chi connectivity index (χ4v) is 3.85. The average Bonchev–Trinajstić information content (AvgIpc) is 3.03. The SMILES string of the molecule is Cc1noc(C)c1CCCNC(=O)[C@H]1CNC[C@@H](C(=O)N2CCOCC2)C1. The van der Waals surface area contributed by atoms with Crippen LogP contribution in [0, 0.1) is 25.7 Å². The molecule has 0 unspecified atom stereocenters. The van der Waals surface area contributed by atoms with Gasteiger partial charge in [0.15, 0.2) is 0 Å². The van der Waals surface area contributed by atoms with Crippen LogP contribution in [0.4, 0.5) is 0 Å². The van der Waals surface area contributed by atoms with Gasteiger partial charge in [-0.05, 0) is 33.1 Å². The predicted molar refractivity (Wildman–Crippen MR) is 99.2 cm³/mol. The van der Waals surface area contributed by atoms with E-state index in [4.69, 9.17) is 9.26 Å². The van der Waals surface area contributed by atoms with Crippen molar-refractivity contribution in [2.24, 2.45) is 11.8 Å². The van der Waals surface area contributed by atoms with Crippen molar-refractivity contribution in [3.05, 3.63) is 17.0 Å². The monoisotopic (exact) mass is 378 g/mol. The van der Waals surface area contributed by atoms with Crippen LogP contribution in [0.3, 0.4) is 0 Å². The van der Waals surface area contributed by atoms with Crippen LogP contribution in [0.2, 0.25) is 0 Å². The second kappa shape index (κ2) is 9.32. The molecular formula is C19H30N4O4. The van der Waals surface area contributed by atoms with Crippen molar-refractivity contribution in [1.82, 2.24) is 20.7 Å². The molecule has 2 fully saturated rings. The molecule has 0 spiro atoms. The molecule has 3 heterocycles. The summed E-state index contributed by atoms with van der Waals surface area (Å²) in [5.41, 5.74) is 2.04. The van der Waals surface area contributed by atoms with E-state index in [1.165, 1.54) is 0 Å². The lowest BCUT2D eigenvalue weighted by atomic mass is 9.88. The highest BCUT2D eigenvalue weighted by molar-refractivity contribution is 5.83. The predicted octanol–water partition coefficient (Wildman–Crippen LogP) is 0.425. The van der Waals surface area contributed by atoms with Crippen LogP contribution in [0.5, 0.6) is 0 Å². The van der Waals surface area contributed by atoms with Crippen molar-refractivity contribution in [3.8, 4) is 0 Å². The Morgan fingerprint density at radius 2 is 1.96 bits per heavy atom. The first-order valence-corrected chi connectivity index (χ1v) is 9.83. The molecule has 3 rings (SSSR count). The van der Waals surface area contributed by atoms with E-state index in [9.17, 15) is 9.59 Å². The Hall–Kier alpha value is -1.93. The first-order chi connectivity index (χ1) is 13.1. The maximum Gasteiger partial charge on any atom is 0.227 e. The molecule has 0 aromatic carbocycles. The number of aryl methyl sites for hydroxylation is 2. The quantitative estimate of drug-likeness (QED) is 0.697. The molecule has 2 atom stereocenters. The lowest BCUT2D eigenvalue weighted by Crippen LogP contribution is -2.51. The van der Waals surface area contributed by atoms with Gasteiger partial charge in [-0.15, -0.1) is 0 Å². The number of carbonyl (C=O) groups is 2. The molecule has 0 aliphatic carbocycles. The summed E-state index contributed by atoms with van der Waals surface area (Å²) in [5.74, 6) is 0.727. The topological polar surface area (TPSA) is 96.7 Å². The van der Waals surface area contributed by atoms with Crippen molar-refractivity contribution in [2.45, 2.75) is 33.1 Å². The molecule has 8 nitrogen and oxygen atoms in total. The van der Waals surface area contributed by atoms with E-state index in [-0.39, 0.29) is 23.7 Å². The third-order valence-corrected chi connectivity index (χ3v) is 5.48. The molecule has 0 bridgehead atoms. The first kappa shape index (κ1) is 19.8. The summed E-state index contributed by atoms with van der Waals surface area (Å²) in [6.45, 7) is 8.22. The number of rotatable bonds is 6. The lowest BCUT2D eigenvalue weighted by molar-refractivity contribution is -0.141. The summed E-state index contributed by atoms with van der Waals surface area (Å²) in [6, 6.07) is 0. The molecule has 2 N–H and O–H groups in total. The average molecular weight is 378 g/mol. The van der Waals surface area contributed by atoms with Crippen molar-refractivity contribution < 1.29 is 18.8 Å². The molecule has 2 saturated heterocycles. The smallest absolute Gasteiger partial charge is 0.227 e. The number of amides is 2. The van der Waals surface area contributed by atoms with Crippen LogP contribution in [-0.4, -0.2) is 67.8 Å². The summed E-state index contributed by atoms with van der Waals surface area (Å²) in [5, 5.41) is 10.2. The molecule has 2 aliphatic rings. The van der Waals surface area contributed by atoms with Crippen molar-refractivity contribution >= 4 is 11.8 Å². The van der Waals surface area contributed by atoms with Crippen LogP contribution in [-0.2, 0) is 20.7 Å². The van der Waals surface area contributed by atoms with Gasteiger partial charge in [0.2, 0.25) is 11.8 Å². The molecule has 2 amide bonds. The number of ether oxygens (including phenoxy) is 1. The van der Waals surface area contributed by atoms with Crippen LogP contribution in [0.1, 0.15) is 29.9 Å². The van der Waals surface area contributed by atoms with E-state index >= 15 is 0 Å². The Kier molecular flexibility index (Phi) is 6.84. The van der Waals surface area contributed by atoms with Crippen LogP contribution < -0.4 is 10.6 Å². The number of carbonyl (C=O) groups excluding carboxylic acids is 2. The Labute approximate surface area is 160 Å². The van der Waals surface area contributed by atoms with Crippen LogP contribution >= 0.6 is 0 Å². The Bertz CT molecular complexity index is 635. The number of hydrogen-bond acceptors (Lipinski definition) is 6. The zero-order valence-corrected chi connectivity index (χ0v) is 16.3. The Morgan fingerprint density at radius 1 is 1.22 bits per heavy atom. The number of piperidine rings is 1. The number of aromatic nitrogens is 1. The largest absolute Gasteiger partial charge is 0.378 e. The highest BCUT2D eigenvalue weighted by Crippen LogP contribution is 2.20. The molecule has 1 aromatic rings. The first-order valence-electron chi connectivity index (χ1n) is 9.83. The van der Waals surface area contributed by atoms with Crippen molar-refractivity contribution in [1.29, 1.82) is 0 Å². The van der Waals surface area contributed by atoms with Gasteiger partial charge in [-0.3, -0.25) is 9.59 Å². The van der Waals surface area contributed by atoms with Gasteiger partial charge >= 0.3 is 0 Å². The minimum Gasteiger partial charge on any atom is -0.378 e. The van der Waals surface area contributed by atoms with Gasteiger partial charge in [0, 0.05) is 38.3 Å². The lowest BCUT2D eigenvalue weighted by Gasteiger charge is -2.34. The van der Waals surface area contributed by atoms with E-state index in [1.807, 2.05) is 18.7 Å². The number of nitrogens with zero attached hydrogens (tertiary/aromatic N) is 2. The molecular weight excluding hydrogens is 348 g/mol. The Morgan fingerprint density at radius 3 is 2.67 bits per heavy atom. The van der Waals surface area contributed by atoms with E-state index in [0.717, 1.165) is 29.9 Å². The third-order valence-electron chi connectivity index (χ3n) is 5.48. The fourth-order valence-electron chi connectivity index (χ4n) is 3.85. The normalized spacial score (nSPS) is 23.3. The molecule has 1 aromatic heterocycles. The zero-order chi connectivity index (χ0) is 19.2. The molecule has 2 aliphatic heterocycles. The fraction of sp³-hybridized carbons (Fsp3) is 0.737. The van der Waals surface area contributed by atoms with Crippen molar-refractivity contribution in [3.63, 3.8) is 0 Å². The zero-order valence-electron chi connectivity index (χ0n) is 16.3. The van der Waals surface area contributed by atoms with Gasteiger partial charge in [-0.25, -0.2) is 0 Å². The summed E-state index contributed by atoms with van der Waals surface area (Å²) in [7, 11) is 0. The Balaban J connectivity index is 1.42. The maximum absolute atomic E-state index is 12.7. The van der Waals surface area contributed by atoms with E-state index in [1.54, 1.807) is 0 Å². The molecule has 27 heavy (non-hydrogen) atoms. The van der Waals surface area contributed by atoms with Gasteiger partial charge in [-0.2, -0.15) is 0 Å². The highest BCUT2D eigenvalue weighted by atomic mass is 16.5. The highest BCUT2D eigenvalue weighted by Gasteiger charge is 2.33. The number of hydrogen-bond donors (Lipinski definition) is 2. The summed E-state index contributed by atoms with van der Waals surface area (Å²) in [6.07, 6.45) is 2.28. The van der Waals surface area contributed by atoms with Gasteiger partial charge in [0.1, 0.15) is 5.76 Å². The van der Waals surface area contributed by atoms with Crippen LogP contribution in [0.15, 0.2) is 4.52 Å². The van der Waals surface area contributed by atoms with Gasteiger partial charge < -0.3 is 24.8 Å². The second-order valence-corrected chi connectivity index (χ2v) is 7.42. The van der Waals surface area contributed by atoms with Crippen LogP contribution in [0.25, 0.3) is 0 Å². The van der Waals surface area contributed by atoms with E-state index in [0.29, 0.717) is 52.4 Å². The molecule has 0 radical (unpaired) electrons. The maximum atomic E-state index is 12.7. The summed E-state index contributed by atoms with van der Waals surface area (Å²) < 4.78 is 10.5. The van der Waals surface area contributed by atoms with Crippen molar-refractivity contribution in [2.75, 3.05) is 45.9 Å². The minimum absolute atomic E-state index is 0.0285. The standard InChI is InChI=1S/C19H30N4O4/c1-13-17(14(2)27-22-13)4-3-5-21-18(24)15-10-16(12-20-11-15)19(25)23-6-8-26-9-7-23/h15-16,20H,3-12H2,1-2H3,(H,21,24)/t15-,16+/m1/s1. The van der Waals surface area contributed by atoms with Gasteiger partial charge in [0.05, 0.1) is 30.7 Å². The third kappa shape index (κ3) is 5.07. The molecule has 8 heteroatoms. The van der Waals surface area contributed by atoms with E-state index < -0.39 is 0 Å². The summed E-state index contributed by atoms with van der Waals surface area (Å²) >= 11 is 0. The summed E-state index contributed by atoms with van der Waals surface area (Å²) in [4.78, 5) is 27.0. The second-order valence-electron chi connectivity index (χ2n) is 7.42. The molecule has 150 valence electrons. The van der Waals surface area contributed by atoms with Gasteiger partial charge in [-0.1, -0.05) is 5.16 Å². The molecule has 0 saturated carbocycles.